The Morgan fingerprint density at radius 2 is 1.70 bits per heavy atom. The van der Waals surface area contributed by atoms with Crippen LogP contribution in [0.2, 0.25) is 0 Å². The van der Waals surface area contributed by atoms with Gasteiger partial charge in [0.05, 0.1) is 16.1 Å². The number of carboxylic acid groups (broad SMARTS) is 1. The van der Waals surface area contributed by atoms with Crippen LogP contribution in [0.5, 0.6) is 0 Å². The first-order valence-corrected chi connectivity index (χ1v) is 8.90. The lowest BCUT2D eigenvalue weighted by Crippen LogP contribution is -2.54. The largest absolute Gasteiger partial charge is 0.478 e. The highest BCUT2D eigenvalue weighted by Gasteiger charge is 2.37. The summed E-state index contributed by atoms with van der Waals surface area (Å²) in [6.07, 6.45) is 0. The molecule has 0 aromatic heterocycles. The minimum atomic E-state index is -3.16. The normalized spacial score (nSPS) is 23.3. The number of urea groups is 1. The number of carboxylic acids is 1. The Kier molecular flexibility index (Phi) is 4.93. The molecule has 126 valence electrons. The highest BCUT2D eigenvalue weighted by Crippen LogP contribution is 2.18. The summed E-state index contributed by atoms with van der Waals surface area (Å²) >= 11 is 0. The molecule has 2 amide bonds. The maximum atomic E-state index is 12.2. The van der Waals surface area contributed by atoms with E-state index in [2.05, 4.69) is 5.32 Å². The molecule has 2 atom stereocenters. The Morgan fingerprint density at radius 3 is 2.17 bits per heavy atom. The third kappa shape index (κ3) is 3.82. The monoisotopic (exact) mass is 340 g/mol. The molecule has 0 aliphatic carbocycles. The van der Waals surface area contributed by atoms with Crippen LogP contribution >= 0.6 is 0 Å². The van der Waals surface area contributed by atoms with E-state index in [0.717, 1.165) is 5.56 Å². The van der Waals surface area contributed by atoms with Gasteiger partial charge in [-0.15, -0.1) is 0 Å². The van der Waals surface area contributed by atoms with E-state index in [-0.39, 0.29) is 31.2 Å². The topological polar surface area (TPSA) is 104 Å². The summed E-state index contributed by atoms with van der Waals surface area (Å²) in [4.78, 5) is 24.4. The molecular formula is C15H20N2O5S. The molecule has 2 N–H and O–H groups in total. The number of hydrogen-bond donors (Lipinski definition) is 2. The zero-order valence-corrected chi connectivity index (χ0v) is 13.8. The summed E-state index contributed by atoms with van der Waals surface area (Å²) in [6.45, 7) is 3.82. The maximum absolute atomic E-state index is 12.2. The Balaban J connectivity index is 1.94. The van der Waals surface area contributed by atoms with Gasteiger partial charge in [-0.3, -0.25) is 0 Å². The summed E-state index contributed by atoms with van der Waals surface area (Å²) in [5.41, 5.74) is 0.957. The van der Waals surface area contributed by atoms with Crippen molar-refractivity contribution >= 4 is 21.8 Å². The van der Waals surface area contributed by atoms with Crippen LogP contribution in [0, 0.1) is 0 Å². The van der Waals surface area contributed by atoms with E-state index in [1.54, 1.807) is 26.0 Å². The fourth-order valence-electron chi connectivity index (χ4n) is 2.52. The fraction of sp³-hybridized carbons (Fsp3) is 0.467. The van der Waals surface area contributed by atoms with Gasteiger partial charge in [-0.25, -0.2) is 18.0 Å². The number of rotatable bonds is 3. The Labute approximate surface area is 135 Å². The first kappa shape index (κ1) is 17.3. The van der Waals surface area contributed by atoms with Crippen LogP contribution in [-0.4, -0.2) is 54.0 Å². The average Bonchev–Trinajstić information content (AvgIpc) is 2.50. The molecule has 1 aromatic carbocycles. The van der Waals surface area contributed by atoms with E-state index < -0.39 is 26.3 Å². The quantitative estimate of drug-likeness (QED) is 0.857. The second-order valence-electron chi connectivity index (χ2n) is 5.78. The molecule has 1 aliphatic heterocycles. The standard InChI is InChI=1S/C15H20N2O5S/c1-10-8-17(9-11(2)23(10,21)22)15(20)16-7-12-3-5-13(6-4-12)14(18)19/h3-6,10-11H,7-9H2,1-2H3,(H,16,20)(H,18,19). The lowest BCUT2D eigenvalue weighted by atomic mass is 10.1. The Hall–Kier alpha value is -2.09. The number of nitrogens with zero attached hydrogens (tertiary/aromatic N) is 1. The van der Waals surface area contributed by atoms with Crippen molar-refractivity contribution in [2.45, 2.75) is 30.9 Å². The van der Waals surface area contributed by atoms with Crippen LogP contribution in [0.1, 0.15) is 29.8 Å². The van der Waals surface area contributed by atoms with Crippen molar-refractivity contribution in [2.24, 2.45) is 0 Å². The van der Waals surface area contributed by atoms with Crippen LogP contribution in [0.3, 0.4) is 0 Å². The fourth-order valence-corrected chi connectivity index (χ4v) is 4.09. The second kappa shape index (κ2) is 6.57. The summed E-state index contributed by atoms with van der Waals surface area (Å²) < 4.78 is 23.9. The summed E-state index contributed by atoms with van der Waals surface area (Å²) in [5.74, 6) is -1.00. The third-order valence-electron chi connectivity index (χ3n) is 4.01. The van der Waals surface area contributed by atoms with E-state index in [9.17, 15) is 18.0 Å². The molecule has 1 heterocycles. The average molecular weight is 340 g/mol. The highest BCUT2D eigenvalue weighted by molar-refractivity contribution is 7.92. The van der Waals surface area contributed by atoms with Gasteiger partial charge in [0.15, 0.2) is 9.84 Å². The highest BCUT2D eigenvalue weighted by atomic mass is 32.2. The van der Waals surface area contributed by atoms with Crippen LogP contribution in [0.15, 0.2) is 24.3 Å². The first-order valence-electron chi connectivity index (χ1n) is 7.29. The molecule has 1 aliphatic rings. The number of aromatic carboxylic acids is 1. The number of carbonyl (C=O) groups excluding carboxylic acids is 1. The van der Waals surface area contributed by atoms with Gasteiger partial charge in [-0.1, -0.05) is 12.1 Å². The molecule has 2 rings (SSSR count). The van der Waals surface area contributed by atoms with Crippen molar-refractivity contribution < 1.29 is 23.1 Å². The lowest BCUT2D eigenvalue weighted by molar-refractivity contribution is 0.0697. The van der Waals surface area contributed by atoms with Gasteiger partial charge >= 0.3 is 12.0 Å². The predicted octanol–water partition coefficient (Wildman–Crippen LogP) is 1.10. The molecule has 2 unspecified atom stereocenters. The Bertz CT molecular complexity index is 681. The van der Waals surface area contributed by atoms with Crippen molar-refractivity contribution in [2.75, 3.05) is 13.1 Å². The van der Waals surface area contributed by atoms with Crippen LogP contribution in [-0.2, 0) is 16.4 Å². The molecule has 1 saturated heterocycles. The summed E-state index contributed by atoms with van der Waals surface area (Å²) in [6, 6.07) is 5.90. The maximum Gasteiger partial charge on any atom is 0.335 e. The molecule has 0 spiro atoms. The molecule has 1 aromatic rings. The van der Waals surface area contributed by atoms with E-state index >= 15 is 0 Å². The van der Waals surface area contributed by atoms with E-state index in [4.69, 9.17) is 5.11 Å². The van der Waals surface area contributed by atoms with Gasteiger partial charge in [-0.2, -0.15) is 0 Å². The van der Waals surface area contributed by atoms with E-state index in [0.29, 0.717) is 0 Å². The zero-order valence-electron chi connectivity index (χ0n) is 13.0. The molecule has 7 nitrogen and oxygen atoms in total. The third-order valence-corrected chi connectivity index (χ3v) is 6.55. The summed E-state index contributed by atoms with van der Waals surface area (Å²) in [7, 11) is -3.16. The van der Waals surface area contributed by atoms with Gasteiger partial charge in [0.25, 0.3) is 0 Å². The Morgan fingerprint density at radius 1 is 1.17 bits per heavy atom. The smallest absolute Gasteiger partial charge is 0.335 e. The van der Waals surface area contributed by atoms with E-state index in [1.807, 2.05) is 0 Å². The van der Waals surface area contributed by atoms with Crippen molar-refractivity contribution in [1.82, 2.24) is 10.2 Å². The number of benzene rings is 1. The number of nitrogens with one attached hydrogen (secondary N) is 1. The minimum absolute atomic E-state index is 0.177. The van der Waals surface area contributed by atoms with E-state index in [1.165, 1.54) is 17.0 Å². The molecule has 0 saturated carbocycles. The van der Waals surface area contributed by atoms with Crippen molar-refractivity contribution in [3.63, 3.8) is 0 Å². The van der Waals surface area contributed by atoms with Crippen LogP contribution < -0.4 is 5.32 Å². The number of amides is 2. The zero-order chi connectivity index (χ0) is 17.2. The van der Waals surface area contributed by atoms with Crippen molar-refractivity contribution in [1.29, 1.82) is 0 Å². The molecule has 8 heteroatoms. The lowest BCUT2D eigenvalue weighted by Gasteiger charge is -2.34. The van der Waals surface area contributed by atoms with Crippen molar-refractivity contribution in [3.05, 3.63) is 35.4 Å². The molecular weight excluding hydrogens is 320 g/mol. The number of carbonyl (C=O) groups is 2. The van der Waals surface area contributed by atoms with Crippen LogP contribution in [0.4, 0.5) is 4.79 Å². The predicted molar refractivity (Wildman–Crippen MR) is 85.1 cm³/mol. The van der Waals surface area contributed by atoms with Gasteiger partial charge in [-0.05, 0) is 31.5 Å². The number of sulfone groups is 1. The first-order chi connectivity index (χ1) is 10.7. The second-order valence-corrected chi connectivity index (χ2v) is 8.56. The summed E-state index contributed by atoms with van der Waals surface area (Å²) in [5, 5.41) is 10.4. The molecule has 0 bridgehead atoms. The molecule has 1 fully saturated rings. The molecule has 0 radical (unpaired) electrons. The minimum Gasteiger partial charge on any atom is -0.478 e. The van der Waals surface area contributed by atoms with Crippen LogP contribution in [0.25, 0.3) is 0 Å². The van der Waals surface area contributed by atoms with Gasteiger partial charge < -0.3 is 15.3 Å². The SMILES string of the molecule is CC1CN(C(=O)NCc2ccc(C(=O)O)cc2)CC(C)S1(=O)=O. The van der Waals surface area contributed by atoms with Gasteiger partial charge in [0.2, 0.25) is 0 Å². The molecule has 23 heavy (non-hydrogen) atoms. The van der Waals surface area contributed by atoms with Gasteiger partial charge in [0.1, 0.15) is 0 Å². The van der Waals surface area contributed by atoms with Crippen molar-refractivity contribution in [3.8, 4) is 0 Å². The number of hydrogen-bond acceptors (Lipinski definition) is 4. The van der Waals surface area contributed by atoms with Gasteiger partial charge in [0, 0.05) is 19.6 Å².